The van der Waals surface area contributed by atoms with Gasteiger partial charge >= 0.3 is 0 Å². The van der Waals surface area contributed by atoms with Gasteiger partial charge in [0, 0.05) is 6.04 Å². The normalized spacial score (nSPS) is 20.9. The van der Waals surface area contributed by atoms with Gasteiger partial charge in [-0.25, -0.2) is 0 Å². The highest BCUT2D eigenvalue weighted by Gasteiger charge is 2.20. The SMILES string of the molecule is N[C@@H]1CCc2cc(O)c(O)cc21. The number of benzene rings is 1. The molecule has 0 bridgehead atoms. The lowest BCUT2D eigenvalue weighted by atomic mass is 10.1. The number of phenolic OH excluding ortho intramolecular Hbond substituents is 2. The van der Waals surface area contributed by atoms with Crippen molar-refractivity contribution in [2.45, 2.75) is 18.9 Å². The highest BCUT2D eigenvalue weighted by Crippen LogP contribution is 2.36. The summed E-state index contributed by atoms with van der Waals surface area (Å²) in [5.41, 5.74) is 7.79. The molecule has 12 heavy (non-hydrogen) atoms. The van der Waals surface area contributed by atoms with Crippen LogP contribution in [0.15, 0.2) is 12.1 Å². The van der Waals surface area contributed by atoms with Crippen molar-refractivity contribution in [1.29, 1.82) is 0 Å². The van der Waals surface area contributed by atoms with E-state index in [4.69, 9.17) is 5.73 Å². The smallest absolute Gasteiger partial charge is 0.157 e. The molecule has 64 valence electrons. The van der Waals surface area contributed by atoms with Gasteiger partial charge in [0.25, 0.3) is 0 Å². The summed E-state index contributed by atoms with van der Waals surface area (Å²) < 4.78 is 0. The van der Waals surface area contributed by atoms with Crippen molar-refractivity contribution in [2.24, 2.45) is 5.73 Å². The maximum atomic E-state index is 9.20. The van der Waals surface area contributed by atoms with Crippen molar-refractivity contribution in [3.63, 3.8) is 0 Å². The second-order valence-electron chi connectivity index (χ2n) is 3.18. The molecule has 0 heterocycles. The fraction of sp³-hybridized carbons (Fsp3) is 0.333. The highest BCUT2D eigenvalue weighted by molar-refractivity contribution is 5.48. The molecule has 0 spiro atoms. The van der Waals surface area contributed by atoms with Crippen LogP contribution in [0.5, 0.6) is 11.5 Å². The zero-order valence-corrected chi connectivity index (χ0v) is 6.62. The van der Waals surface area contributed by atoms with Crippen LogP contribution in [-0.4, -0.2) is 10.2 Å². The van der Waals surface area contributed by atoms with Gasteiger partial charge in [-0.2, -0.15) is 0 Å². The zero-order chi connectivity index (χ0) is 8.72. The molecule has 3 heteroatoms. The van der Waals surface area contributed by atoms with Crippen molar-refractivity contribution in [3.8, 4) is 11.5 Å². The van der Waals surface area contributed by atoms with Crippen LogP contribution in [0.4, 0.5) is 0 Å². The summed E-state index contributed by atoms with van der Waals surface area (Å²) >= 11 is 0. The van der Waals surface area contributed by atoms with E-state index in [-0.39, 0.29) is 17.5 Å². The number of nitrogens with two attached hydrogens (primary N) is 1. The summed E-state index contributed by atoms with van der Waals surface area (Å²) in [6.45, 7) is 0. The lowest BCUT2D eigenvalue weighted by molar-refractivity contribution is 0.402. The van der Waals surface area contributed by atoms with Crippen LogP contribution in [-0.2, 0) is 6.42 Å². The highest BCUT2D eigenvalue weighted by atomic mass is 16.3. The zero-order valence-electron chi connectivity index (χ0n) is 6.62. The topological polar surface area (TPSA) is 66.5 Å². The van der Waals surface area contributed by atoms with Gasteiger partial charge in [-0.05, 0) is 36.1 Å². The summed E-state index contributed by atoms with van der Waals surface area (Å²) in [4.78, 5) is 0. The van der Waals surface area contributed by atoms with E-state index in [1.165, 1.54) is 0 Å². The van der Waals surface area contributed by atoms with Gasteiger partial charge in [-0.15, -0.1) is 0 Å². The van der Waals surface area contributed by atoms with Crippen LogP contribution in [0.2, 0.25) is 0 Å². The Kier molecular flexibility index (Phi) is 1.48. The van der Waals surface area contributed by atoms with E-state index in [1.807, 2.05) is 0 Å². The van der Waals surface area contributed by atoms with Crippen molar-refractivity contribution < 1.29 is 10.2 Å². The average Bonchev–Trinajstić information content (AvgIpc) is 2.35. The summed E-state index contributed by atoms with van der Waals surface area (Å²) in [6.07, 6.45) is 1.79. The molecular formula is C9H11NO2. The van der Waals surface area contributed by atoms with E-state index >= 15 is 0 Å². The maximum absolute atomic E-state index is 9.20. The summed E-state index contributed by atoms with van der Waals surface area (Å²) in [6, 6.07) is 3.17. The van der Waals surface area contributed by atoms with Crippen LogP contribution < -0.4 is 5.73 Å². The van der Waals surface area contributed by atoms with E-state index in [0.29, 0.717) is 0 Å². The molecule has 0 amide bonds. The molecule has 1 atom stereocenters. The summed E-state index contributed by atoms with van der Waals surface area (Å²) in [7, 11) is 0. The van der Waals surface area contributed by atoms with Gasteiger partial charge in [-0.1, -0.05) is 0 Å². The summed E-state index contributed by atoms with van der Waals surface area (Å²) in [5, 5.41) is 18.4. The molecule has 1 aliphatic rings. The van der Waals surface area contributed by atoms with E-state index < -0.39 is 0 Å². The molecule has 0 saturated heterocycles. The van der Waals surface area contributed by atoms with Crippen LogP contribution in [0.25, 0.3) is 0 Å². The molecule has 1 aromatic rings. The number of aryl methyl sites for hydroxylation is 1. The monoisotopic (exact) mass is 165 g/mol. The minimum absolute atomic E-state index is 0.0199. The fourth-order valence-electron chi connectivity index (χ4n) is 1.66. The Balaban J connectivity index is 2.56. The Morgan fingerprint density at radius 1 is 1.25 bits per heavy atom. The van der Waals surface area contributed by atoms with E-state index in [1.54, 1.807) is 12.1 Å². The van der Waals surface area contributed by atoms with Crippen molar-refractivity contribution in [3.05, 3.63) is 23.3 Å². The first-order valence-corrected chi connectivity index (χ1v) is 3.99. The van der Waals surface area contributed by atoms with Gasteiger partial charge in [0.05, 0.1) is 0 Å². The third-order valence-corrected chi connectivity index (χ3v) is 2.36. The lowest BCUT2D eigenvalue weighted by Gasteiger charge is -2.05. The maximum Gasteiger partial charge on any atom is 0.157 e. The predicted octanol–water partition coefficient (Wildman–Crippen LogP) is 1.04. The van der Waals surface area contributed by atoms with Gasteiger partial charge in [0.1, 0.15) is 0 Å². The number of fused-ring (bicyclic) bond motifs is 1. The number of hydrogen-bond acceptors (Lipinski definition) is 3. The Labute approximate surface area is 70.4 Å². The van der Waals surface area contributed by atoms with Crippen molar-refractivity contribution in [2.75, 3.05) is 0 Å². The van der Waals surface area contributed by atoms with E-state index in [0.717, 1.165) is 24.0 Å². The molecule has 1 aliphatic carbocycles. The Morgan fingerprint density at radius 2 is 1.92 bits per heavy atom. The Bertz CT molecular complexity index is 323. The number of rotatable bonds is 0. The van der Waals surface area contributed by atoms with Crippen molar-refractivity contribution in [1.82, 2.24) is 0 Å². The van der Waals surface area contributed by atoms with Crippen LogP contribution >= 0.6 is 0 Å². The molecule has 0 unspecified atom stereocenters. The molecule has 1 aromatic carbocycles. The second-order valence-corrected chi connectivity index (χ2v) is 3.18. The Morgan fingerprint density at radius 3 is 2.67 bits per heavy atom. The van der Waals surface area contributed by atoms with E-state index in [2.05, 4.69) is 0 Å². The standard InChI is InChI=1S/C9H11NO2/c10-7-2-1-5-3-8(11)9(12)4-6(5)7/h3-4,7,11-12H,1-2,10H2/t7-/m1/s1. The van der Waals surface area contributed by atoms with E-state index in [9.17, 15) is 10.2 Å². The fourth-order valence-corrected chi connectivity index (χ4v) is 1.66. The molecule has 2 rings (SSSR count). The molecule has 0 aromatic heterocycles. The van der Waals surface area contributed by atoms with Crippen LogP contribution in [0.1, 0.15) is 23.6 Å². The van der Waals surface area contributed by atoms with Crippen LogP contribution in [0.3, 0.4) is 0 Å². The summed E-state index contributed by atoms with van der Waals surface area (Å²) in [5.74, 6) is -0.131. The molecule has 0 aliphatic heterocycles. The molecule has 0 saturated carbocycles. The number of aromatic hydroxyl groups is 2. The molecule has 0 radical (unpaired) electrons. The largest absolute Gasteiger partial charge is 0.504 e. The number of hydrogen-bond donors (Lipinski definition) is 3. The minimum Gasteiger partial charge on any atom is -0.504 e. The van der Waals surface area contributed by atoms with Gasteiger partial charge in [0.15, 0.2) is 11.5 Å². The van der Waals surface area contributed by atoms with Crippen molar-refractivity contribution >= 4 is 0 Å². The molecule has 0 fully saturated rings. The first-order chi connectivity index (χ1) is 5.68. The third kappa shape index (κ3) is 0.940. The quantitative estimate of drug-likeness (QED) is 0.503. The average molecular weight is 165 g/mol. The third-order valence-electron chi connectivity index (χ3n) is 2.36. The molecule has 3 nitrogen and oxygen atoms in total. The lowest BCUT2D eigenvalue weighted by Crippen LogP contribution is -2.04. The van der Waals surface area contributed by atoms with Crippen LogP contribution in [0, 0.1) is 0 Å². The van der Waals surface area contributed by atoms with Gasteiger partial charge in [-0.3, -0.25) is 0 Å². The van der Waals surface area contributed by atoms with Gasteiger partial charge < -0.3 is 15.9 Å². The first-order valence-electron chi connectivity index (χ1n) is 3.99. The van der Waals surface area contributed by atoms with Gasteiger partial charge in [0.2, 0.25) is 0 Å². The minimum atomic E-state index is -0.0777. The second kappa shape index (κ2) is 2.38. The Hall–Kier alpha value is -1.22. The molecular weight excluding hydrogens is 154 g/mol. The first kappa shape index (κ1) is 7.43. The molecule has 4 N–H and O–H groups in total. The predicted molar refractivity (Wildman–Crippen MR) is 45.0 cm³/mol. The number of phenols is 2.